The second kappa shape index (κ2) is 4.86. The van der Waals surface area contributed by atoms with Crippen LogP contribution in [-0.2, 0) is 14.3 Å². The number of ether oxygens (including phenoxy) is 2. The van der Waals surface area contributed by atoms with Crippen LogP contribution in [0.2, 0.25) is 0 Å². The molecule has 0 radical (unpaired) electrons. The molecule has 15 heavy (non-hydrogen) atoms. The van der Waals surface area contributed by atoms with Gasteiger partial charge in [0, 0.05) is 14.2 Å². The minimum atomic E-state index is -1.48. The number of carbonyl (C=O) groups excluding carboxylic acids is 1. The summed E-state index contributed by atoms with van der Waals surface area (Å²) in [5, 5.41) is 30.6. The van der Waals surface area contributed by atoms with Gasteiger partial charge in [0.15, 0.2) is 12.4 Å². The quantitative estimate of drug-likeness (QED) is 0.401. The fourth-order valence-electron chi connectivity index (χ4n) is 1.40. The summed E-state index contributed by atoms with van der Waals surface area (Å²) in [6.07, 6.45) is -6.73. The summed E-state index contributed by atoms with van der Waals surface area (Å²) in [5.74, 6) is -0.587. The molecule has 7 nitrogen and oxygen atoms in total. The second-order valence-electron chi connectivity index (χ2n) is 3.25. The molecule has 7 heteroatoms. The molecule has 1 amide bonds. The van der Waals surface area contributed by atoms with E-state index in [1.165, 1.54) is 14.2 Å². The van der Waals surface area contributed by atoms with Crippen molar-refractivity contribution in [2.24, 2.45) is 0 Å². The van der Waals surface area contributed by atoms with Crippen LogP contribution in [0.3, 0.4) is 0 Å². The lowest BCUT2D eigenvalue weighted by atomic mass is 9.98. The molecule has 1 saturated heterocycles. The number of methoxy groups -OCH3 is 1. The van der Waals surface area contributed by atoms with E-state index in [4.69, 9.17) is 9.47 Å². The second-order valence-corrected chi connectivity index (χ2v) is 3.25. The molecule has 1 heterocycles. The van der Waals surface area contributed by atoms with Gasteiger partial charge >= 0.3 is 0 Å². The van der Waals surface area contributed by atoms with Crippen molar-refractivity contribution >= 4 is 5.91 Å². The third-order valence-corrected chi connectivity index (χ3v) is 2.31. The normalized spacial score (nSPS) is 41.3. The van der Waals surface area contributed by atoms with Crippen molar-refractivity contribution in [2.75, 3.05) is 14.2 Å². The largest absolute Gasteiger partial charge is 0.387 e. The van der Waals surface area contributed by atoms with Crippen LogP contribution in [0.25, 0.3) is 0 Å². The maximum absolute atomic E-state index is 11.2. The van der Waals surface area contributed by atoms with Crippen molar-refractivity contribution < 1.29 is 29.6 Å². The van der Waals surface area contributed by atoms with Gasteiger partial charge in [0.1, 0.15) is 18.3 Å². The molecule has 88 valence electrons. The highest BCUT2D eigenvalue weighted by atomic mass is 16.7. The van der Waals surface area contributed by atoms with E-state index in [1.54, 1.807) is 0 Å². The van der Waals surface area contributed by atoms with E-state index < -0.39 is 36.6 Å². The van der Waals surface area contributed by atoms with E-state index in [0.29, 0.717) is 0 Å². The minimum absolute atomic E-state index is 0.587. The summed E-state index contributed by atoms with van der Waals surface area (Å²) in [6.45, 7) is 0. The zero-order valence-electron chi connectivity index (χ0n) is 8.45. The SMILES string of the molecule is CNC(=O)C1O[C@H](OC)[C@@H](O)C(O)[C@@H]1O. The molecule has 0 spiro atoms. The van der Waals surface area contributed by atoms with Gasteiger partial charge in [-0.3, -0.25) is 4.79 Å². The average Bonchev–Trinajstić information content (AvgIpc) is 2.25. The first-order chi connectivity index (χ1) is 7.02. The Bertz CT molecular complexity index is 233. The number of nitrogens with one attached hydrogen (secondary N) is 1. The monoisotopic (exact) mass is 221 g/mol. The van der Waals surface area contributed by atoms with Crippen LogP contribution in [0.1, 0.15) is 0 Å². The van der Waals surface area contributed by atoms with Gasteiger partial charge in [-0.1, -0.05) is 0 Å². The minimum Gasteiger partial charge on any atom is -0.387 e. The Morgan fingerprint density at radius 2 is 1.87 bits per heavy atom. The van der Waals surface area contributed by atoms with Crippen LogP contribution in [0.5, 0.6) is 0 Å². The number of carbonyl (C=O) groups is 1. The third-order valence-electron chi connectivity index (χ3n) is 2.31. The summed E-state index contributed by atoms with van der Waals surface area (Å²) in [6, 6.07) is 0. The fourth-order valence-corrected chi connectivity index (χ4v) is 1.40. The maximum Gasteiger partial charge on any atom is 0.251 e. The highest BCUT2D eigenvalue weighted by Gasteiger charge is 2.46. The molecule has 0 aromatic heterocycles. The maximum atomic E-state index is 11.2. The predicted molar refractivity (Wildman–Crippen MR) is 47.8 cm³/mol. The molecule has 1 aliphatic rings. The van der Waals surface area contributed by atoms with Gasteiger partial charge in [-0.05, 0) is 0 Å². The Kier molecular flexibility index (Phi) is 4.00. The number of hydrogen-bond acceptors (Lipinski definition) is 6. The fraction of sp³-hybridized carbons (Fsp3) is 0.875. The Balaban J connectivity index is 2.78. The summed E-state index contributed by atoms with van der Waals surface area (Å²) in [4.78, 5) is 11.2. The highest BCUT2D eigenvalue weighted by molar-refractivity contribution is 5.81. The topological polar surface area (TPSA) is 108 Å². The molecule has 1 rings (SSSR count). The molecular weight excluding hydrogens is 206 g/mol. The Hall–Kier alpha value is -0.730. The lowest BCUT2D eigenvalue weighted by molar-refractivity contribution is -0.283. The summed E-state index contributed by atoms with van der Waals surface area (Å²) >= 11 is 0. The number of aliphatic hydroxyl groups excluding tert-OH is 3. The molecular formula is C8H15NO6. The van der Waals surface area contributed by atoms with Crippen LogP contribution in [-0.4, -0.2) is 66.1 Å². The third kappa shape index (κ3) is 2.27. The lowest BCUT2D eigenvalue weighted by Gasteiger charge is -2.38. The molecule has 0 aliphatic carbocycles. The summed E-state index contributed by atoms with van der Waals surface area (Å²) in [7, 11) is 2.64. The number of hydrogen-bond donors (Lipinski definition) is 4. The first kappa shape index (κ1) is 12.3. The Morgan fingerprint density at radius 3 is 2.33 bits per heavy atom. The van der Waals surface area contributed by atoms with Crippen molar-refractivity contribution in [2.45, 2.75) is 30.7 Å². The van der Waals surface area contributed by atoms with Gasteiger partial charge < -0.3 is 30.1 Å². The molecule has 0 bridgehead atoms. The molecule has 4 N–H and O–H groups in total. The lowest BCUT2D eigenvalue weighted by Crippen LogP contribution is -2.61. The van der Waals surface area contributed by atoms with Crippen LogP contribution < -0.4 is 5.32 Å². The van der Waals surface area contributed by atoms with Crippen molar-refractivity contribution in [3.05, 3.63) is 0 Å². The number of amides is 1. The molecule has 0 saturated carbocycles. The van der Waals surface area contributed by atoms with Crippen LogP contribution >= 0.6 is 0 Å². The van der Waals surface area contributed by atoms with Gasteiger partial charge in [0.05, 0.1) is 0 Å². The van der Waals surface area contributed by atoms with Crippen molar-refractivity contribution in [1.82, 2.24) is 5.32 Å². The Morgan fingerprint density at radius 1 is 1.27 bits per heavy atom. The molecule has 0 aromatic rings. The zero-order valence-corrected chi connectivity index (χ0v) is 8.45. The van der Waals surface area contributed by atoms with Gasteiger partial charge in [-0.2, -0.15) is 0 Å². The highest BCUT2D eigenvalue weighted by Crippen LogP contribution is 2.21. The van der Waals surface area contributed by atoms with Crippen molar-refractivity contribution in [1.29, 1.82) is 0 Å². The standard InChI is InChI=1S/C8H15NO6/c1-9-7(13)6-4(11)3(10)5(12)8(14-2)15-6/h3-6,8,10-12H,1-2H3,(H,9,13)/t3?,4-,5-,6?,8-/m0/s1. The van der Waals surface area contributed by atoms with Crippen molar-refractivity contribution in [3.8, 4) is 0 Å². The number of likely N-dealkylation sites (N-methyl/N-ethyl adjacent to an activating group) is 1. The average molecular weight is 221 g/mol. The first-order valence-electron chi connectivity index (χ1n) is 4.47. The first-order valence-corrected chi connectivity index (χ1v) is 4.47. The predicted octanol–water partition coefficient (Wildman–Crippen LogP) is -2.81. The van der Waals surface area contributed by atoms with E-state index in [0.717, 1.165) is 0 Å². The van der Waals surface area contributed by atoms with Crippen LogP contribution in [0.4, 0.5) is 0 Å². The Labute approximate surface area is 86.6 Å². The molecule has 5 atom stereocenters. The molecule has 1 aliphatic heterocycles. The van der Waals surface area contributed by atoms with Gasteiger partial charge in [-0.15, -0.1) is 0 Å². The number of aliphatic hydroxyl groups is 3. The zero-order chi connectivity index (χ0) is 11.6. The van der Waals surface area contributed by atoms with E-state index in [1.807, 2.05) is 0 Å². The van der Waals surface area contributed by atoms with Crippen LogP contribution in [0.15, 0.2) is 0 Å². The van der Waals surface area contributed by atoms with E-state index in [2.05, 4.69) is 5.32 Å². The van der Waals surface area contributed by atoms with E-state index in [-0.39, 0.29) is 0 Å². The molecule has 0 aromatic carbocycles. The van der Waals surface area contributed by atoms with Gasteiger partial charge in [0.25, 0.3) is 5.91 Å². The van der Waals surface area contributed by atoms with Gasteiger partial charge in [0.2, 0.25) is 0 Å². The van der Waals surface area contributed by atoms with E-state index >= 15 is 0 Å². The molecule has 1 fully saturated rings. The van der Waals surface area contributed by atoms with Crippen molar-refractivity contribution in [3.63, 3.8) is 0 Å². The molecule has 2 unspecified atom stereocenters. The number of rotatable bonds is 2. The summed E-state index contributed by atoms with van der Waals surface area (Å²) in [5.41, 5.74) is 0. The summed E-state index contributed by atoms with van der Waals surface area (Å²) < 4.78 is 9.71. The van der Waals surface area contributed by atoms with E-state index in [9.17, 15) is 20.1 Å². The van der Waals surface area contributed by atoms with Gasteiger partial charge in [-0.25, -0.2) is 0 Å². The van der Waals surface area contributed by atoms with Crippen LogP contribution in [0, 0.1) is 0 Å². The smallest absolute Gasteiger partial charge is 0.251 e.